The monoisotopic (exact) mass is 270 g/mol. The fourth-order valence-electron chi connectivity index (χ4n) is 3.59. The molecule has 0 heterocycles. The number of fused-ring (bicyclic) bond motifs is 5. The number of hydrogen-bond donors (Lipinski definition) is 0. The van der Waals surface area contributed by atoms with Gasteiger partial charge in [0.1, 0.15) is 5.82 Å². The van der Waals surface area contributed by atoms with Crippen LogP contribution in [0.25, 0.3) is 43.8 Å². The van der Waals surface area contributed by atoms with Crippen LogP contribution in [0.3, 0.4) is 0 Å². The zero-order chi connectivity index (χ0) is 14.0. The van der Waals surface area contributed by atoms with E-state index in [2.05, 4.69) is 42.5 Å². The molecule has 0 fully saturated rings. The van der Waals surface area contributed by atoms with Crippen molar-refractivity contribution in [2.24, 2.45) is 0 Å². The highest BCUT2D eigenvalue weighted by atomic mass is 19.1. The Morgan fingerprint density at radius 3 is 2.29 bits per heavy atom. The first-order chi connectivity index (χ1) is 10.3. The minimum absolute atomic E-state index is 0.184. The normalized spacial score (nSPS) is 12.0. The predicted molar refractivity (Wildman–Crippen MR) is 85.8 cm³/mol. The molecule has 0 saturated heterocycles. The molecule has 4 aromatic rings. The Bertz CT molecular complexity index is 1040. The van der Waals surface area contributed by atoms with Gasteiger partial charge in [0.05, 0.1) is 0 Å². The molecule has 0 unspecified atom stereocenters. The predicted octanol–water partition coefficient (Wildman–Crippen LogP) is 5.78. The van der Waals surface area contributed by atoms with Crippen molar-refractivity contribution in [1.29, 1.82) is 0 Å². The number of rotatable bonds is 0. The van der Waals surface area contributed by atoms with Crippen LogP contribution >= 0.6 is 0 Å². The van der Waals surface area contributed by atoms with Gasteiger partial charge >= 0.3 is 0 Å². The van der Waals surface area contributed by atoms with Crippen molar-refractivity contribution in [2.45, 2.75) is 0 Å². The van der Waals surface area contributed by atoms with Gasteiger partial charge in [0.25, 0.3) is 0 Å². The molecule has 98 valence electrons. The molecule has 0 nitrogen and oxygen atoms in total. The third-order valence-corrected chi connectivity index (χ3v) is 4.45. The molecule has 0 amide bonds. The van der Waals surface area contributed by atoms with Crippen LogP contribution in [0, 0.1) is 5.82 Å². The Kier molecular flexibility index (Phi) is 1.95. The highest BCUT2D eigenvalue weighted by Gasteiger charge is 2.22. The number of hydrogen-bond acceptors (Lipinski definition) is 0. The summed E-state index contributed by atoms with van der Waals surface area (Å²) in [5.41, 5.74) is 5.03. The van der Waals surface area contributed by atoms with Gasteiger partial charge in [-0.1, -0.05) is 54.6 Å². The Hall–Kier alpha value is -2.67. The lowest BCUT2D eigenvalue weighted by atomic mass is 9.97. The molecule has 0 atom stereocenters. The van der Waals surface area contributed by atoms with Gasteiger partial charge in [-0.15, -0.1) is 0 Å². The summed E-state index contributed by atoms with van der Waals surface area (Å²) in [6, 6.07) is 22.0. The standard InChI is InChI=1S/C20H11F/c21-14-8-10-15-13(11-14)7-9-17-16-5-1-3-12-4-2-6-18(19(12)16)20(15)17/h1-11H. The molecule has 0 saturated carbocycles. The first-order valence-electron chi connectivity index (χ1n) is 7.08. The van der Waals surface area contributed by atoms with Crippen LogP contribution < -0.4 is 0 Å². The SMILES string of the molecule is Fc1ccc2c3c(ccc2c1)-c1cccc2cccc-3c12. The summed E-state index contributed by atoms with van der Waals surface area (Å²) in [6.45, 7) is 0. The molecule has 4 aromatic carbocycles. The fraction of sp³-hybridized carbons (Fsp3) is 0. The molecule has 0 aromatic heterocycles. The van der Waals surface area contributed by atoms with Crippen molar-refractivity contribution in [2.75, 3.05) is 0 Å². The van der Waals surface area contributed by atoms with E-state index in [1.165, 1.54) is 33.0 Å². The van der Waals surface area contributed by atoms with Crippen LogP contribution in [0.15, 0.2) is 66.7 Å². The summed E-state index contributed by atoms with van der Waals surface area (Å²) in [6.07, 6.45) is 0. The van der Waals surface area contributed by atoms with Gasteiger partial charge in [-0.3, -0.25) is 0 Å². The maximum atomic E-state index is 13.5. The van der Waals surface area contributed by atoms with E-state index in [1.807, 2.05) is 12.1 Å². The molecule has 0 spiro atoms. The zero-order valence-electron chi connectivity index (χ0n) is 11.2. The second-order valence-electron chi connectivity index (χ2n) is 5.56. The van der Waals surface area contributed by atoms with Crippen molar-refractivity contribution < 1.29 is 4.39 Å². The van der Waals surface area contributed by atoms with Gasteiger partial charge in [-0.25, -0.2) is 4.39 Å². The van der Waals surface area contributed by atoms with Crippen LogP contribution in [-0.2, 0) is 0 Å². The van der Waals surface area contributed by atoms with Crippen LogP contribution in [-0.4, -0.2) is 0 Å². The first kappa shape index (κ1) is 11.0. The van der Waals surface area contributed by atoms with Crippen LogP contribution in [0.1, 0.15) is 0 Å². The van der Waals surface area contributed by atoms with E-state index in [4.69, 9.17) is 0 Å². The second kappa shape index (κ2) is 3.70. The molecule has 21 heavy (non-hydrogen) atoms. The third kappa shape index (κ3) is 1.33. The van der Waals surface area contributed by atoms with E-state index in [9.17, 15) is 4.39 Å². The van der Waals surface area contributed by atoms with Gasteiger partial charge in [-0.2, -0.15) is 0 Å². The fourth-order valence-corrected chi connectivity index (χ4v) is 3.59. The highest BCUT2D eigenvalue weighted by Crippen LogP contribution is 2.49. The number of halogens is 1. The van der Waals surface area contributed by atoms with E-state index < -0.39 is 0 Å². The Morgan fingerprint density at radius 2 is 1.43 bits per heavy atom. The molecule has 0 N–H and O–H groups in total. The summed E-state index contributed by atoms with van der Waals surface area (Å²) >= 11 is 0. The second-order valence-corrected chi connectivity index (χ2v) is 5.56. The molecule has 5 rings (SSSR count). The van der Waals surface area contributed by atoms with Crippen LogP contribution in [0.5, 0.6) is 0 Å². The van der Waals surface area contributed by atoms with Gasteiger partial charge < -0.3 is 0 Å². The van der Waals surface area contributed by atoms with Crippen LogP contribution in [0.4, 0.5) is 4.39 Å². The average Bonchev–Trinajstić information content (AvgIpc) is 2.84. The Morgan fingerprint density at radius 1 is 0.619 bits per heavy atom. The third-order valence-electron chi connectivity index (χ3n) is 4.45. The van der Waals surface area contributed by atoms with E-state index in [0.29, 0.717) is 0 Å². The summed E-state index contributed by atoms with van der Waals surface area (Å²) in [5.74, 6) is -0.184. The largest absolute Gasteiger partial charge is 0.207 e. The summed E-state index contributed by atoms with van der Waals surface area (Å²) in [4.78, 5) is 0. The maximum absolute atomic E-state index is 13.5. The lowest BCUT2D eigenvalue weighted by Crippen LogP contribution is -1.82. The van der Waals surface area contributed by atoms with Gasteiger partial charge in [0, 0.05) is 0 Å². The molecule has 1 aliphatic carbocycles. The Labute approximate surface area is 121 Å². The minimum atomic E-state index is -0.184. The minimum Gasteiger partial charge on any atom is -0.207 e. The average molecular weight is 270 g/mol. The quantitative estimate of drug-likeness (QED) is 0.334. The van der Waals surface area contributed by atoms with Crippen LogP contribution in [0.2, 0.25) is 0 Å². The Balaban J connectivity index is 2.04. The van der Waals surface area contributed by atoms with Gasteiger partial charge in [0.15, 0.2) is 0 Å². The summed E-state index contributed by atoms with van der Waals surface area (Å²) < 4.78 is 13.5. The molecule has 1 aliphatic rings. The van der Waals surface area contributed by atoms with E-state index in [-0.39, 0.29) is 5.82 Å². The maximum Gasteiger partial charge on any atom is 0.123 e. The van der Waals surface area contributed by atoms with Crippen molar-refractivity contribution in [3.8, 4) is 22.3 Å². The van der Waals surface area contributed by atoms with Crippen molar-refractivity contribution >= 4 is 21.5 Å². The molecule has 0 radical (unpaired) electrons. The summed E-state index contributed by atoms with van der Waals surface area (Å²) in [7, 11) is 0. The van der Waals surface area contributed by atoms with Crippen molar-refractivity contribution in [1.82, 2.24) is 0 Å². The van der Waals surface area contributed by atoms with E-state index in [0.717, 1.165) is 10.8 Å². The topological polar surface area (TPSA) is 0 Å². The molecule has 0 bridgehead atoms. The van der Waals surface area contributed by atoms with Crippen molar-refractivity contribution in [3.05, 3.63) is 72.5 Å². The lowest BCUT2D eigenvalue weighted by Gasteiger charge is -2.07. The molecule has 0 aliphatic heterocycles. The van der Waals surface area contributed by atoms with E-state index in [1.54, 1.807) is 12.1 Å². The molecular weight excluding hydrogens is 259 g/mol. The number of benzene rings is 4. The highest BCUT2D eigenvalue weighted by molar-refractivity contribution is 6.21. The van der Waals surface area contributed by atoms with Crippen molar-refractivity contribution in [3.63, 3.8) is 0 Å². The zero-order valence-corrected chi connectivity index (χ0v) is 11.2. The van der Waals surface area contributed by atoms with E-state index >= 15 is 0 Å². The molecular formula is C20H11F. The first-order valence-corrected chi connectivity index (χ1v) is 7.08. The summed E-state index contributed by atoms with van der Waals surface area (Å²) in [5, 5.41) is 4.65. The molecule has 1 heteroatoms. The van der Waals surface area contributed by atoms with Gasteiger partial charge in [0.2, 0.25) is 0 Å². The lowest BCUT2D eigenvalue weighted by molar-refractivity contribution is 0.630. The smallest absolute Gasteiger partial charge is 0.123 e. The van der Waals surface area contributed by atoms with Gasteiger partial charge in [-0.05, 0) is 55.9 Å².